The van der Waals surface area contributed by atoms with Crippen LogP contribution in [0.5, 0.6) is 0 Å². The summed E-state index contributed by atoms with van der Waals surface area (Å²) >= 11 is 9.11. The van der Waals surface area contributed by atoms with Crippen molar-refractivity contribution >= 4 is 33.8 Å². The number of alkyl halides is 2. The molecule has 0 aromatic rings. The summed E-state index contributed by atoms with van der Waals surface area (Å²) in [6, 6.07) is 0. The minimum atomic E-state index is 0.232. The van der Waals surface area contributed by atoms with Crippen molar-refractivity contribution < 1.29 is 4.79 Å². The van der Waals surface area contributed by atoms with Crippen molar-refractivity contribution in [2.75, 3.05) is 5.88 Å². The first kappa shape index (κ1) is 12.9. The fourth-order valence-corrected chi connectivity index (χ4v) is 1.21. The van der Waals surface area contributed by atoms with E-state index in [4.69, 9.17) is 11.6 Å². The zero-order valence-electron chi connectivity index (χ0n) is 7.89. The predicted octanol–water partition coefficient (Wildman–Crippen LogP) is 3.47. The topological polar surface area (TPSA) is 17.1 Å². The number of hydrogen-bond donors (Lipinski definition) is 0. The highest BCUT2D eigenvalue weighted by molar-refractivity contribution is 9.09. The van der Waals surface area contributed by atoms with E-state index >= 15 is 0 Å². The quantitative estimate of drug-likeness (QED) is 0.322. The van der Waals surface area contributed by atoms with Crippen LogP contribution in [0.25, 0.3) is 0 Å². The SMILES string of the molecule is C/C(=C\CC(Br)/C(C)=C/C=O)CCl. The van der Waals surface area contributed by atoms with Crippen LogP contribution < -0.4 is 0 Å². The van der Waals surface area contributed by atoms with Crippen LogP contribution in [-0.2, 0) is 4.79 Å². The second-order valence-electron chi connectivity index (χ2n) is 2.93. The van der Waals surface area contributed by atoms with E-state index in [0.29, 0.717) is 5.88 Å². The molecule has 1 atom stereocenters. The summed E-state index contributed by atoms with van der Waals surface area (Å²) < 4.78 is 0. The summed E-state index contributed by atoms with van der Waals surface area (Å²) in [5, 5.41) is 0. The van der Waals surface area contributed by atoms with E-state index in [0.717, 1.165) is 23.9 Å². The van der Waals surface area contributed by atoms with Crippen molar-refractivity contribution in [2.45, 2.75) is 25.1 Å². The normalized spacial score (nSPS) is 15.7. The van der Waals surface area contributed by atoms with E-state index in [9.17, 15) is 4.79 Å². The molecule has 0 aliphatic carbocycles. The number of hydrogen-bond acceptors (Lipinski definition) is 1. The molecule has 0 saturated carbocycles. The Morgan fingerprint density at radius 3 is 2.62 bits per heavy atom. The lowest BCUT2D eigenvalue weighted by Crippen LogP contribution is -1.98. The molecule has 0 spiro atoms. The summed E-state index contributed by atoms with van der Waals surface area (Å²) in [5.41, 5.74) is 2.19. The second kappa shape index (κ2) is 7.34. The van der Waals surface area contributed by atoms with Crippen molar-refractivity contribution in [3.63, 3.8) is 0 Å². The molecule has 0 heterocycles. The van der Waals surface area contributed by atoms with Crippen molar-refractivity contribution in [2.24, 2.45) is 0 Å². The van der Waals surface area contributed by atoms with Gasteiger partial charge in [0.05, 0.1) is 0 Å². The van der Waals surface area contributed by atoms with Gasteiger partial charge in [-0.05, 0) is 26.3 Å². The predicted molar refractivity (Wildman–Crippen MR) is 61.6 cm³/mol. The molecular weight excluding hydrogens is 251 g/mol. The Hall–Kier alpha value is -0.0800. The van der Waals surface area contributed by atoms with Gasteiger partial charge in [-0.3, -0.25) is 4.79 Å². The second-order valence-corrected chi connectivity index (χ2v) is 4.31. The monoisotopic (exact) mass is 264 g/mol. The first-order valence-electron chi connectivity index (χ1n) is 4.09. The number of halogens is 2. The molecular formula is C10H14BrClO. The number of rotatable bonds is 5. The van der Waals surface area contributed by atoms with Gasteiger partial charge in [0.15, 0.2) is 0 Å². The smallest absolute Gasteiger partial charge is 0.142 e. The molecule has 0 radical (unpaired) electrons. The van der Waals surface area contributed by atoms with Crippen LogP contribution in [0.15, 0.2) is 23.3 Å². The molecule has 3 heteroatoms. The molecule has 1 nitrogen and oxygen atoms in total. The van der Waals surface area contributed by atoms with E-state index in [-0.39, 0.29) is 4.83 Å². The van der Waals surface area contributed by atoms with Crippen LogP contribution in [0.3, 0.4) is 0 Å². The van der Waals surface area contributed by atoms with Crippen LogP contribution in [0.4, 0.5) is 0 Å². The molecule has 0 aliphatic rings. The fraction of sp³-hybridized carbons (Fsp3) is 0.500. The Balaban J connectivity index is 4.07. The largest absolute Gasteiger partial charge is 0.299 e. The van der Waals surface area contributed by atoms with Crippen LogP contribution in [0, 0.1) is 0 Å². The van der Waals surface area contributed by atoms with E-state index < -0.39 is 0 Å². The molecule has 0 aromatic carbocycles. The van der Waals surface area contributed by atoms with Gasteiger partial charge in [0.2, 0.25) is 0 Å². The van der Waals surface area contributed by atoms with Gasteiger partial charge in [-0.15, -0.1) is 11.6 Å². The van der Waals surface area contributed by atoms with Gasteiger partial charge in [0.1, 0.15) is 6.29 Å². The van der Waals surface area contributed by atoms with E-state index in [1.54, 1.807) is 6.08 Å². The van der Waals surface area contributed by atoms with Crippen molar-refractivity contribution in [1.82, 2.24) is 0 Å². The van der Waals surface area contributed by atoms with Crippen molar-refractivity contribution in [1.29, 1.82) is 0 Å². The van der Waals surface area contributed by atoms with Gasteiger partial charge < -0.3 is 0 Å². The number of carbonyl (C=O) groups is 1. The maximum absolute atomic E-state index is 10.2. The van der Waals surface area contributed by atoms with E-state index in [2.05, 4.69) is 22.0 Å². The third kappa shape index (κ3) is 6.05. The number of aldehydes is 1. The summed E-state index contributed by atoms with van der Waals surface area (Å²) in [5.74, 6) is 0.566. The Morgan fingerprint density at radius 2 is 2.15 bits per heavy atom. The number of allylic oxidation sites excluding steroid dienone is 4. The van der Waals surface area contributed by atoms with Gasteiger partial charge in [-0.2, -0.15) is 0 Å². The summed E-state index contributed by atoms with van der Waals surface area (Å²) in [4.78, 5) is 10.4. The van der Waals surface area contributed by atoms with Gasteiger partial charge in [0, 0.05) is 10.7 Å². The zero-order chi connectivity index (χ0) is 10.3. The average molecular weight is 266 g/mol. The minimum Gasteiger partial charge on any atom is -0.299 e. The molecule has 0 N–H and O–H groups in total. The summed E-state index contributed by atoms with van der Waals surface area (Å²) in [6.45, 7) is 3.92. The lowest BCUT2D eigenvalue weighted by Gasteiger charge is -2.06. The standard InChI is InChI=1S/C10H14BrClO/c1-8(7-12)3-4-10(11)9(2)5-6-13/h3,5-6,10H,4,7H2,1-2H3/b8-3+,9-5+. The maximum Gasteiger partial charge on any atom is 0.142 e. The Kier molecular flexibility index (Phi) is 7.29. The van der Waals surface area contributed by atoms with Gasteiger partial charge in [-0.1, -0.05) is 33.2 Å². The molecule has 0 fully saturated rings. The molecule has 0 saturated heterocycles. The maximum atomic E-state index is 10.2. The summed E-state index contributed by atoms with van der Waals surface area (Å²) in [6.07, 6.45) is 5.33. The van der Waals surface area contributed by atoms with Gasteiger partial charge in [0.25, 0.3) is 0 Å². The van der Waals surface area contributed by atoms with E-state index in [1.807, 2.05) is 13.8 Å². The fourth-order valence-electron chi connectivity index (χ4n) is 0.757. The van der Waals surface area contributed by atoms with Crippen LogP contribution in [0.1, 0.15) is 20.3 Å². The highest BCUT2D eigenvalue weighted by Crippen LogP contribution is 2.16. The zero-order valence-corrected chi connectivity index (χ0v) is 10.2. The van der Waals surface area contributed by atoms with Crippen LogP contribution in [0.2, 0.25) is 0 Å². The third-order valence-electron chi connectivity index (χ3n) is 1.71. The van der Waals surface area contributed by atoms with Crippen molar-refractivity contribution in [3.05, 3.63) is 23.3 Å². The van der Waals surface area contributed by atoms with Gasteiger partial charge >= 0.3 is 0 Å². The highest BCUT2D eigenvalue weighted by Gasteiger charge is 2.03. The molecule has 0 aromatic heterocycles. The molecule has 0 aliphatic heterocycles. The molecule has 74 valence electrons. The Labute approximate surface area is 93.0 Å². The average Bonchev–Trinajstić information content (AvgIpc) is 2.13. The first-order valence-corrected chi connectivity index (χ1v) is 5.54. The Morgan fingerprint density at radius 1 is 1.54 bits per heavy atom. The number of carbonyl (C=O) groups excluding carboxylic acids is 1. The lowest BCUT2D eigenvalue weighted by atomic mass is 10.1. The summed E-state index contributed by atoms with van der Waals surface area (Å²) in [7, 11) is 0. The first-order chi connectivity index (χ1) is 6.11. The third-order valence-corrected chi connectivity index (χ3v) is 3.23. The molecule has 0 amide bonds. The lowest BCUT2D eigenvalue weighted by molar-refractivity contribution is -0.104. The molecule has 0 bridgehead atoms. The van der Waals surface area contributed by atoms with Crippen LogP contribution in [-0.4, -0.2) is 17.0 Å². The molecule has 0 rings (SSSR count). The van der Waals surface area contributed by atoms with E-state index in [1.165, 1.54) is 0 Å². The minimum absolute atomic E-state index is 0.232. The highest BCUT2D eigenvalue weighted by atomic mass is 79.9. The van der Waals surface area contributed by atoms with Crippen LogP contribution >= 0.6 is 27.5 Å². The molecule has 1 unspecified atom stereocenters. The molecule has 13 heavy (non-hydrogen) atoms. The Bertz CT molecular complexity index is 221. The van der Waals surface area contributed by atoms with Gasteiger partial charge in [-0.25, -0.2) is 0 Å². The van der Waals surface area contributed by atoms with Crippen molar-refractivity contribution in [3.8, 4) is 0 Å².